The summed E-state index contributed by atoms with van der Waals surface area (Å²) < 4.78 is 31.4. The lowest BCUT2D eigenvalue weighted by molar-refractivity contribution is -0.122. The number of nitrogens with zero attached hydrogens (tertiary/aromatic N) is 2. The van der Waals surface area contributed by atoms with Crippen molar-refractivity contribution in [1.29, 1.82) is 0 Å². The fourth-order valence-electron chi connectivity index (χ4n) is 3.32. The highest BCUT2D eigenvalue weighted by atomic mass is 32.2. The van der Waals surface area contributed by atoms with Crippen molar-refractivity contribution in [2.45, 2.75) is 12.5 Å². The van der Waals surface area contributed by atoms with Gasteiger partial charge in [-0.2, -0.15) is 0 Å². The maximum atomic E-state index is 12.8. The molecule has 154 valence electrons. The molecular formula is C22H21N3O4S. The van der Waals surface area contributed by atoms with Gasteiger partial charge in [-0.3, -0.25) is 14.1 Å². The fourth-order valence-corrected chi connectivity index (χ4v) is 4.23. The molecule has 1 aliphatic rings. The quantitative estimate of drug-likeness (QED) is 0.682. The second kappa shape index (κ2) is 8.16. The number of hydrogen-bond acceptors (Lipinski definition) is 5. The molecule has 30 heavy (non-hydrogen) atoms. The molecule has 0 fully saturated rings. The van der Waals surface area contributed by atoms with E-state index in [4.69, 9.17) is 4.74 Å². The molecule has 0 bridgehead atoms. The van der Waals surface area contributed by atoms with E-state index in [1.807, 2.05) is 36.4 Å². The average molecular weight is 423 g/mol. The highest BCUT2D eigenvalue weighted by molar-refractivity contribution is 7.92. The molecule has 4 rings (SSSR count). The summed E-state index contributed by atoms with van der Waals surface area (Å²) in [6, 6.07) is 18.2. The van der Waals surface area contributed by atoms with Crippen LogP contribution >= 0.6 is 0 Å². The lowest BCUT2D eigenvalue weighted by Crippen LogP contribution is -2.48. The molecule has 0 aliphatic carbocycles. The van der Waals surface area contributed by atoms with Gasteiger partial charge in [-0.1, -0.05) is 24.3 Å². The molecular weight excluding hydrogens is 402 g/mol. The Morgan fingerprint density at radius 2 is 1.73 bits per heavy atom. The summed E-state index contributed by atoms with van der Waals surface area (Å²) in [4.78, 5) is 16.8. The number of ether oxygens (including phenoxy) is 1. The molecule has 1 aliphatic heterocycles. The normalized spacial score (nSPS) is 15.8. The summed E-state index contributed by atoms with van der Waals surface area (Å²) in [7, 11) is -3.55. The van der Waals surface area contributed by atoms with Crippen LogP contribution in [-0.2, 0) is 21.2 Å². The van der Waals surface area contributed by atoms with Crippen molar-refractivity contribution in [3.05, 3.63) is 84.2 Å². The van der Waals surface area contributed by atoms with E-state index >= 15 is 0 Å². The average Bonchev–Trinajstić information content (AvgIpc) is 2.74. The Kier molecular flexibility index (Phi) is 5.41. The number of carbonyl (C=O) groups excluding carboxylic acids is 1. The lowest BCUT2D eigenvalue weighted by atomic mass is 10.1. The number of anilines is 2. The molecule has 2 aromatic carbocycles. The Hall–Kier alpha value is -3.39. The first-order valence-electron chi connectivity index (χ1n) is 9.42. The smallest absolute Gasteiger partial charge is 0.267 e. The van der Waals surface area contributed by atoms with Crippen LogP contribution < -0.4 is 14.4 Å². The van der Waals surface area contributed by atoms with Gasteiger partial charge >= 0.3 is 0 Å². The molecule has 0 radical (unpaired) electrons. The van der Waals surface area contributed by atoms with E-state index in [1.54, 1.807) is 36.7 Å². The van der Waals surface area contributed by atoms with Gasteiger partial charge in [0.05, 0.1) is 18.5 Å². The van der Waals surface area contributed by atoms with Gasteiger partial charge in [0, 0.05) is 18.1 Å². The van der Waals surface area contributed by atoms with Crippen LogP contribution in [0.4, 0.5) is 11.4 Å². The number of rotatable bonds is 5. The molecule has 2 heterocycles. The number of benzene rings is 2. The van der Waals surface area contributed by atoms with Crippen molar-refractivity contribution >= 4 is 27.3 Å². The lowest BCUT2D eigenvalue weighted by Gasteiger charge is -2.33. The first kappa shape index (κ1) is 19.9. The van der Waals surface area contributed by atoms with E-state index in [2.05, 4.69) is 10.3 Å². The molecule has 0 unspecified atom stereocenters. The topological polar surface area (TPSA) is 88.6 Å². The van der Waals surface area contributed by atoms with Crippen molar-refractivity contribution in [3.63, 3.8) is 0 Å². The first-order valence-corrected chi connectivity index (χ1v) is 11.3. The summed E-state index contributed by atoms with van der Waals surface area (Å²) >= 11 is 0. The molecule has 3 aromatic rings. The van der Waals surface area contributed by atoms with Gasteiger partial charge < -0.3 is 10.1 Å². The van der Waals surface area contributed by atoms with Crippen molar-refractivity contribution in [3.8, 4) is 5.75 Å². The summed E-state index contributed by atoms with van der Waals surface area (Å²) in [5, 5.41) is 2.81. The Morgan fingerprint density at radius 3 is 2.43 bits per heavy atom. The summed E-state index contributed by atoms with van der Waals surface area (Å²) in [5.74, 6) is -0.0398. The van der Waals surface area contributed by atoms with Crippen LogP contribution in [0.1, 0.15) is 11.1 Å². The third-order valence-corrected chi connectivity index (χ3v) is 5.95. The molecule has 0 saturated carbocycles. The number of nitrogens with one attached hydrogen (secondary N) is 1. The standard InChI is InChI=1S/C22H21N3O4S/c1-30(27,28)25-15-21(29-20-5-3-2-4-19(20)25)22(26)24-18-8-6-16(7-9-18)14-17-10-12-23-13-11-17/h2-13,21H,14-15H2,1H3,(H,24,26)/t21-/m0/s1. The highest BCUT2D eigenvalue weighted by Gasteiger charge is 2.34. The number of amides is 1. The van der Waals surface area contributed by atoms with Gasteiger partial charge in [-0.05, 0) is 53.9 Å². The van der Waals surface area contributed by atoms with Crippen LogP contribution in [0, 0.1) is 0 Å². The van der Waals surface area contributed by atoms with E-state index in [0.29, 0.717) is 17.1 Å². The molecule has 7 nitrogen and oxygen atoms in total. The highest BCUT2D eigenvalue weighted by Crippen LogP contribution is 2.34. The van der Waals surface area contributed by atoms with E-state index in [0.717, 1.165) is 23.8 Å². The number of para-hydroxylation sites is 2. The largest absolute Gasteiger partial charge is 0.476 e. The summed E-state index contributed by atoms with van der Waals surface area (Å²) in [6.07, 6.45) is 4.44. The van der Waals surface area contributed by atoms with Gasteiger partial charge in [0.15, 0.2) is 6.10 Å². The minimum Gasteiger partial charge on any atom is -0.476 e. The second-order valence-electron chi connectivity index (χ2n) is 7.09. The van der Waals surface area contributed by atoms with Gasteiger partial charge in [-0.25, -0.2) is 8.42 Å². The molecule has 1 N–H and O–H groups in total. The van der Waals surface area contributed by atoms with Gasteiger partial charge in [-0.15, -0.1) is 0 Å². The van der Waals surface area contributed by atoms with Crippen molar-refractivity contribution in [2.75, 3.05) is 22.4 Å². The van der Waals surface area contributed by atoms with Crippen LogP contribution in [0.15, 0.2) is 73.1 Å². The van der Waals surface area contributed by atoms with Crippen molar-refractivity contribution < 1.29 is 17.9 Å². The number of sulfonamides is 1. The number of fused-ring (bicyclic) bond motifs is 1. The van der Waals surface area contributed by atoms with Gasteiger partial charge in [0.2, 0.25) is 10.0 Å². The molecule has 1 aromatic heterocycles. The minimum atomic E-state index is -3.55. The Bertz CT molecular complexity index is 1150. The Balaban J connectivity index is 1.46. The zero-order chi connectivity index (χ0) is 21.1. The fraction of sp³-hybridized carbons (Fsp3) is 0.182. The van der Waals surface area contributed by atoms with Crippen LogP contribution in [0.25, 0.3) is 0 Å². The van der Waals surface area contributed by atoms with Crippen LogP contribution in [0.3, 0.4) is 0 Å². The summed E-state index contributed by atoms with van der Waals surface area (Å²) in [6.45, 7) is -0.0815. The van der Waals surface area contributed by atoms with E-state index in [9.17, 15) is 13.2 Å². The predicted octanol–water partition coefficient (Wildman–Crippen LogP) is 2.84. The van der Waals surface area contributed by atoms with Crippen molar-refractivity contribution in [1.82, 2.24) is 4.98 Å². The van der Waals surface area contributed by atoms with Crippen LogP contribution in [0.5, 0.6) is 5.75 Å². The summed E-state index contributed by atoms with van der Waals surface area (Å²) in [5.41, 5.74) is 3.30. The molecule has 0 spiro atoms. The van der Waals surface area contributed by atoms with E-state index < -0.39 is 22.0 Å². The van der Waals surface area contributed by atoms with Gasteiger partial charge in [0.25, 0.3) is 5.91 Å². The van der Waals surface area contributed by atoms with Crippen LogP contribution in [0.2, 0.25) is 0 Å². The maximum absolute atomic E-state index is 12.8. The first-order chi connectivity index (χ1) is 14.4. The monoisotopic (exact) mass is 423 g/mol. The second-order valence-corrected chi connectivity index (χ2v) is 8.99. The van der Waals surface area contributed by atoms with Crippen molar-refractivity contribution in [2.24, 2.45) is 0 Å². The molecule has 8 heteroatoms. The zero-order valence-electron chi connectivity index (χ0n) is 16.4. The Labute approximate surface area is 175 Å². The Morgan fingerprint density at radius 1 is 1.07 bits per heavy atom. The van der Waals surface area contributed by atoms with Gasteiger partial charge in [0.1, 0.15) is 5.75 Å². The third-order valence-electron chi connectivity index (χ3n) is 4.81. The third kappa shape index (κ3) is 4.44. The predicted molar refractivity (Wildman–Crippen MR) is 115 cm³/mol. The number of hydrogen-bond donors (Lipinski definition) is 1. The van der Waals surface area contributed by atoms with Crippen LogP contribution in [-0.4, -0.2) is 38.2 Å². The maximum Gasteiger partial charge on any atom is 0.267 e. The molecule has 1 atom stereocenters. The zero-order valence-corrected chi connectivity index (χ0v) is 17.2. The van der Waals surface area contributed by atoms with E-state index in [1.165, 1.54) is 4.31 Å². The minimum absolute atomic E-state index is 0.0815. The number of aromatic nitrogens is 1. The number of pyridine rings is 1. The van der Waals surface area contributed by atoms with E-state index in [-0.39, 0.29) is 6.54 Å². The SMILES string of the molecule is CS(=O)(=O)N1C[C@@H](C(=O)Nc2ccc(Cc3ccncc3)cc2)Oc2ccccc21. The number of carbonyl (C=O) groups is 1. The molecule has 1 amide bonds. The molecule has 0 saturated heterocycles.